The van der Waals surface area contributed by atoms with E-state index in [4.69, 9.17) is 9.47 Å². The normalized spacial score (nSPS) is 10.9. The van der Waals surface area contributed by atoms with Gasteiger partial charge in [0.05, 0.1) is 25.4 Å². The summed E-state index contributed by atoms with van der Waals surface area (Å²) in [5.41, 5.74) is 2.10. The van der Waals surface area contributed by atoms with Gasteiger partial charge in [-0.3, -0.25) is 9.59 Å². The van der Waals surface area contributed by atoms with Crippen molar-refractivity contribution in [3.63, 3.8) is 0 Å². The van der Waals surface area contributed by atoms with Crippen molar-refractivity contribution in [2.45, 2.75) is 6.92 Å². The molecule has 2 aromatic carbocycles. The fraction of sp³-hybridized carbons (Fsp3) is 0.143. The number of aromatic amines is 1. The van der Waals surface area contributed by atoms with E-state index in [1.54, 1.807) is 50.4 Å². The van der Waals surface area contributed by atoms with Crippen molar-refractivity contribution in [2.24, 2.45) is 0 Å². The molecule has 3 aromatic rings. The Hall–Kier alpha value is -3.54. The van der Waals surface area contributed by atoms with E-state index in [1.807, 2.05) is 6.07 Å². The Morgan fingerprint density at radius 1 is 1.04 bits per heavy atom. The van der Waals surface area contributed by atoms with Crippen LogP contribution in [0.2, 0.25) is 0 Å². The third-order valence-electron chi connectivity index (χ3n) is 4.22. The van der Waals surface area contributed by atoms with Crippen LogP contribution in [0.5, 0.6) is 11.5 Å². The van der Waals surface area contributed by atoms with Gasteiger partial charge in [-0.05, 0) is 37.3 Å². The number of aryl methyl sites for hydroxylation is 1. The highest BCUT2D eigenvalue weighted by Gasteiger charge is 2.11. The predicted molar refractivity (Wildman–Crippen MR) is 107 cm³/mol. The van der Waals surface area contributed by atoms with Gasteiger partial charge in [0, 0.05) is 22.7 Å². The lowest BCUT2D eigenvalue weighted by molar-refractivity contribution is -0.111. The number of hydrogen-bond acceptors (Lipinski definition) is 4. The van der Waals surface area contributed by atoms with Gasteiger partial charge < -0.3 is 19.8 Å². The Labute approximate surface area is 156 Å². The number of anilines is 1. The molecule has 1 heterocycles. The van der Waals surface area contributed by atoms with Crippen LogP contribution in [0.1, 0.15) is 11.3 Å². The first-order valence-corrected chi connectivity index (χ1v) is 8.37. The maximum Gasteiger partial charge on any atom is 0.248 e. The van der Waals surface area contributed by atoms with Crippen molar-refractivity contribution < 1.29 is 14.3 Å². The van der Waals surface area contributed by atoms with Crippen LogP contribution in [-0.4, -0.2) is 25.1 Å². The molecule has 0 saturated carbocycles. The first-order valence-electron chi connectivity index (χ1n) is 8.37. The summed E-state index contributed by atoms with van der Waals surface area (Å²) in [5, 5.41) is 3.25. The zero-order valence-corrected chi connectivity index (χ0v) is 15.3. The molecule has 0 spiro atoms. The van der Waals surface area contributed by atoms with E-state index in [2.05, 4.69) is 10.3 Å². The average Bonchev–Trinajstić information content (AvgIpc) is 2.67. The van der Waals surface area contributed by atoms with E-state index in [9.17, 15) is 9.59 Å². The second kappa shape index (κ2) is 7.78. The summed E-state index contributed by atoms with van der Waals surface area (Å²) < 4.78 is 10.5. The van der Waals surface area contributed by atoms with E-state index in [-0.39, 0.29) is 11.3 Å². The van der Waals surface area contributed by atoms with Crippen LogP contribution in [0, 0.1) is 6.92 Å². The van der Waals surface area contributed by atoms with Crippen LogP contribution in [0.25, 0.3) is 17.0 Å². The molecule has 0 aliphatic heterocycles. The van der Waals surface area contributed by atoms with Gasteiger partial charge in [0.25, 0.3) is 0 Å². The predicted octanol–water partition coefficient (Wildman–Crippen LogP) is 3.51. The highest BCUT2D eigenvalue weighted by molar-refractivity contribution is 6.03. The number of para-hydroxylation sites is 3. The van der Waals surface area contributed by atoms with E-state index in [0.717, 1.165) is 0 Å². The number of aromatic nitrogens is 1. The van der Waals surface area contributed by atoms with Crippen molar-refractivity contribution in [1.82, 2.24) is 4.98 Å². The van der Waals surface area contributed by atoms with Gasteiger partial charge in [-0.1, -0.05) is 18.2 Å². The first kappa shape index (κ1) is 18.3. The summed E-state index contributed by atoms with van der Waals surface area (Å²) in [6.45, 7) is 1.78. The SMILES string of the molecule is COc1ccccc1NC(=O)/C=C/c1c(C)[nH]c2c(OC)cccc2c1=O. The highest BCUT2D eigenvalue weighted by Crippen LogP contribution is 2.24. The fourth-order valence-corrected chi connectivity index (χ4v) is 2.87. The number of amides is 1. The lowest BCUT2D eigenvalue weighted by Gasteiger charge is -2.09. The Morgan fingerprint density at radius 2 is 1.74 bits per heavy atom. The molecule has 0 saturated heterocycles. The van der Waals surface area contributed by atoms with Crippen LogP contribution >= 0.6 is 0 Å². The third-order valence-corrected chi connectivity index (χ3v) is 4.22. The van der Waals surface area contributed by atoms with E-state index in [1.165, 1.54) is 19.3 Å². The monoisotopic (exact) mass is 364 g/mol. The number of carbonyl (C=O) groups excluding carboxylic acids is 1. The van der Waals surface area contributed by atoms with Gasteiger partial charge in [0.15, 0.2) is 5.43 Å². The number of nitrogens with one attached hydrogen (secondary N) is 2. The van der Waals surface area contributed by atoms with Crippen LogP contribution in [0.15, 0.2) is 53.3 Å². The summed E-state index contributed by atoms with van der Waals surface area (Å²) in [6, 6.07) is 12.4. The molecule has 27 heavy (non-hydrogen) atoms. The van der Waals surface area contributed by atoms with Gasteiger partial charge in [0.2, 0.25) is 5.91 Å². The summed E-state index contributed by atoms with van der Waals surface area (Å²) in [6.07, 6.45) is 2.84. The standard InChI is InChI=1S/C21H20N2O4/c1-13-14(21(25)15-7-6-10-18(27-3)20(15)22-13)11-12-19(24)23-16-8-4-5-9-17(16)26-2/h4-12H,1-3H3,(H,22,25)(H,23,24)/b12-11+. The number of fused-ring (bicyclic) bond motifs is 1. The lowest BCUT2D eigenvalue weighted by Crippen LogP contribution is -2.12. The van der Waals surface area contributed by atoms with E-state index < -0.39 is 0 Å². The quantitative estimate of drug-likeness (QED) is 0.679. The largest absolute Gasteiger partial charge is 0.495 e. The molecule has 2 N–H and O–H groups in total. The molecule has 6 nitrogen and oxygen atoms in total. The Balaban J connectivity index is 1.92. The fourth-order valence-electron chi connectivity index (χ4n) is 2.87. The minimum atomic E-state index is -0.357. The van der Waals surface area contributed by atoms with Gasteiger partial charge in [-0.15, -0.1) is 0 Å². The molecule has 0 aliphatic rings. The Bertz CT molecular complexity index is 1080. The molecule has 0 atom stereocenters. The highest BCUT2D eigenvalue weighted by atomic mass is 16.5. The molecule has 1 amide bonds. The number of benzene rings is 2. The zero-order valence-electron chi connectivity index (χ0n) is 15.3. The summed E-state index contributed by atoms with van der Waals surface area (Å²) in [5.74, 6) is 0.798. The molecule has 6 heteroatoms. The maximum atomic E-state index is 12.8. The van der Waals surface area contributed by atoms with Crippen LogP contribution in [0.3, 0.4) is 0 Å². The average molecular weight is 364 g/mol. The molecule has 138 valence electrons. The molecule has 0 aliphatic carbocycles. The summed E-state index contributed by atoms with van der Waals surface area (Å²) in [7, 11) is 3.09. The number of carbonyl (C=O) groups is 1. The van der Waals surface area contributed by atoms with Crippen molar-refractivity contribution in [2.75, 3.05) is 19.5 Å². The van der Waals surface area contributed by atoms with Gasteiger partial charge in [0.1, 0.15) is 11.5 Å². The van der Waals surface area contributed by atoms with Crippen LogP contribution in [-0.2, 0) is 4.79 Å². The number of methoxy groups -OCH3 is 2. The molecular weight excluding hydrogens is 344 g/mol. The molecular formula is C21H20N2O4. The molecule has 0 fully saturated rings. The number of rotatable bonds is 5. The summed E-state index contributed by atoms with van der Waals surface area (Å²) in [4.78, 5) is 28.2. The van der Waals surface area contributed by atoms with Crippen LogP contribution < -0.4 is 20.2 Å². The Morgan fingerprint density at radius 3 is 2.48 bits per heavy atom. The smallest absolute Gasteiger partial charge is 0.248 e. The molecule has 0 unspecified atom stereocenters. The minimum absolute atomic E-state index is 0.165. The number of hydrogen-bond donors (Lipinski definition) is 2. The second-order valence-electron chi connectivity index (χ2n) is 5.90. The molecule has 0 bridgehead atoms. The van der Waals surface area contributed by atoms with Crippen molar-refractivity contribution >= 4 is 28.6 Å². The van der Waals surface area contributed by atoms with Gasteiger partial charge >= 0.3 is 0 Å². The van der Waals surface area contributed by atoms with E-state index in [0.29, 0.717) is 39.3 Å². The summed E-state index contributed by atoms with van der Waals surface area (Å²) >= 11 is 0. The zero-order chi connectivity index (χ0) is 19.4. The van der Waals surface area contributed by atoms with Gasteiger partial charge in [-0.2, -0.15) is 0 Å². The number of pyridine rings is 1. The van der Waals surface area contributed by atoms with Crippen molar-refractivity contribution in [1.29, 1.82) is 0 Å². The third kappa shape index (κ3) is 3.69. The lowest BCUT2D eigenvalue weighted by atomic mass is 10.1. The second-order valence-corrected chi connectivity index (χ2v) is 5.90. The van der Waals surface area contributed by atoms with Gasteiger partial charge in [-0.25, -0.2) is 0 Å². The molecule has 0 radical (unpaired) electrons. The maximum absolute atomic E-state index is 12.8. The minimum Gasteiger partial charge on any atom is -0.495 e. The molecule has 3 rings (SSSR count). The Kier molecular flexibility index (Phi) is 5.26. The molecule has 1 aromatic heterocycles. The van der Waals surface area contributed by atoms with E-state index >= 15 is 0 Å². The van der Waals surface area contributed by atoms with Crippen molar-refractivity contribution in [3.05, 3.63) is 70.0 Å². The van der Waals surface area contributed by atoms with Crippen molar-refractivity contribution in [3.8, 4) is 11.5 Å². The van der Waals surface area contributed by atoms with Crippen LogP contribution in [0.4, 0.5) is 5.69 Å². The number of ether oxygens (including phenoxy) is 2. The first-order chi connectivity index (χ1) is 13.0. The number of H-pyrrole nitrogens is 1. The topological polar surface area (TPSA) is 80.4 Å².